The Kier molecular flexibility index (Phi) is 4.94. The van der Waals surface area contributed by atoms with Crippen molar-refractivity contribution in [1.29, 1.82) is 0 Å². The van der Waals surface area contributed by atoms with Crippen LogP contribution in [-0.4, -0.2) is 23.1 Å². The van der Waals surface area contributed by atoms with Crippen LogP contribution in [0.2, 0.25) is 0 Å². The number of benzene rings is 1. The molecule has 0 saturated carbocycles. The zero-order valence-corrected chi connectivity index (χ0v) is 12.2. The van der Waals surface area contributed by atoms with Gasteiger partial charge in [0, 0.05) is 36.6 Å². The zero-order valence-electron chi connectivity index (χ0n) is 12.2. The summed E-state index contributed by atoms with van der Waals surface area (Å²) in [6.07, 6.45) is 3.99. The van der Waals surface area contributed by atoms with Crippen LogP contribution in [0.1, 0.15) is 18.1 Å². The summed E-state index contributed by atoms with van der Waals surface area (Å²) in [6, 6.07) is 6.68. The molecule has 0 radical (unpaired) electrons. The highest BCUT2D eigenvalue weighted by molar-refractivity contribution is 5.44. The topological polar surface area (TPSA) is 69.3 Å². The number of hydrogen-bond acceptors (Lipinski definition) is 4. The maximum absolute atomic E-state index is 10.9. The smallest absolute Gasteiger partial charge is 0.270 e. The Labute approximate surface area is 123 Å². The van der Waals surface area contributed by atoms with E-state index >= 15 is 0 Å². The van der Waals surface area contributed by atoms with Gasteiger partial charge < -0.3 is 14.6 Å². The lowest BCUT2D eigenvalue weighted by Crippen LogP contribution is -2.11. The predicted molar refractivity (Wildman–Crippen MR) is 80.6 cm³/mol. The molecule has 2 aromatic rings. The Bertz CT molecular complexity index is 622. The molecule has 6 nitrogen and oxygen atoms in total. The molecule has 6 heteroatoms. The van der Waals surface area contributed by atoms with E-state index in [-0.39, 0.29) is 5.69 Å². The quantitative estimate of drug-likeness (QED) is 0.628. The number of methoxy groups -OCH3 is 1. The standard InChI is InChI=1S/C15H19N3O3/c1-3-16-9-12-6-7-17(10-12)11-13-8-14(18(19)20)4-5-15(13)21-2/h4-8,10,16H,3,9,11H2,1-2H3. The summed E-state index contributed by atoms with van der Waals surface area (Å²) in [4.78, 5) is 10.5. The Hall–Kier alpha value is -2.34. The Balaban J connectivity index is 2.19. The maximum atomic E-state index is 10.9. The van der Waals surface area contributed by atoms with E-state index in [1.54, 1.807) is 19.2 Å². The molecule has 0 fully saturated rings. The number of nitro groups is 1. The normalized spacial score (nSPS) is 10.6. The van der Waals surface area contributed by atoms with Crippen LogP contribution in [0.25, 0.3) is 0 Å². The van der Waals surface area contributed by atoms with Crippen LogP contribution >= 0.6 is 0 Å². The fraction of sp³-hybridized carbons (Fsp3) is 0.333. The number of nitrogens with one attached hydrogen (secondary N) is 1. The molecule has 0 unspecified atom stereocenters. The van der Waals surface area contributed by atoms with Crippen LogP contribution in [0.4, 0.5) is 5.69 Å². The number of nitrogens with zero attached hydrogens (tertiary/aromatic N) is 2. The molecule has 1 aromatic heterocycles. The van der Waals surface area contributed by atoms with Gasteiger partial charge in [0.05, 0.1) is 18.6 Å². The first-order chi connectivity index (χ1) is 10.1. The van der Waals surface area contributed by atoms with Gasteiger partial charge >= 0.3 is 0 Å². The monoisotopic (exact) mass is 289 g/mol. The average Bonchev–Trinajstić information content (AvgIpc) is 2.92. The third kappa shape index (κ3) is 3.82. The molecule has 1 aromatic carbocycles. The molecule has 0 bridgehead atoms. The van der Waals surface area contributed by atoms with Gasteiger partial charge in [-0.3, -0.25) is 10.1 Å². The van der Waals surface area contributed by atoms with Gasteiger partial charge in [-0.05, 0) is 24.2 Å². The third-order valence-corrected chi connectivity index (χ3v) is 3.22. The van der Waals surface area contributed by atoms with E-state index in [0.717, 1.165) is 18.7 Å². The van der Waals surface area contributed by atoms with Crippen molar-refractivity contribution in [1.82, 2.24) is 9.88 Å². The van der Waals surface area contributed by atoms with E-state index in [1.165, 1.54) is 11.6 Å². The highest BCUT2D eigenvalue weighted by Gasteiger charge is 2.11. The Morgan fingerprint density at radius 2 is 2.19 bits per heavy atom. The number of ether oxygens (including phenoxy) is 1. The van der Waals surface area contributed by atoms with E-state index in [2.05, 4.69) is 12.2 Å². The first kappa shape index (κ1) is 15.1. The Morgan fingerprint density at radius 3 is 2.86 bits per heavy atom. The van der Waals surface area contributed by atoms with Gasteiger partial charge in [0.25, 0.3) is 5.69 Å². The minimum Gasteiger partial charge on any atom is -0.496 e. The zero-order chi connectivity index (χ0) is 15.2. The summed E-state index contributed by atoms with van der Waals surface area (Å²) in [6.45, 7) is 4.33. The minimum absolute atomic E-state index is 0.0748. The van der Waals surface area contributed by atoms with Gasteiger partial charge in [-0.25, -0.2) is 0 Å². The van der Waals surface area contributed by atoms with Crippen LogP contribution in [-0.2, 0) is 13.1 Å². The van der Waals surface area contributed by atoms with Crippen molar-refractivity contribution >= 4 is 5.69 Å². The molecule has 0 aliphatic rings. The molecule has 0 aliphatic carbocycles. The second kappa shape index (κ2) is 6.90. The molecule has 1 heterocycles. The lowest BCUT2D eigenvalue weighted by atomic mass is 10.1. The second-order valence-electron chi connectivity index (χ2n) is 4.73. The third-order valence-electron chi connectivity index (χ3n) is 3.22. The van der Waals surface area contributed by atoms with Crippen molar-refractivity contribution in [3.63, 3.8) is 0 Å². The van der Waals surface area contributed by atoms with Crippen LogP contribution in [0, 0.1) is 10.1 Å². The minimum atomic E-state index is -0.394. The average molecular weight is 289 g/mol. The van der Waals surface area contributed by atoms with Crippen LogP contribution in [0.3, 0.4) is 0 Å². The van der Waals surface area contributed by atoms with E-state index in [1.807, 2.05) is 23.0 Å². The lowest BCUT2D eigenvalue weighted by Gasteiger charge is -2.09. The highest BCUT2D eigenvalue weighted by Crippen LogP contribution is 2.25. The lowest BCUT2D eigenvalue weighted by molar-refractivity contribution is -0.384. The maximum Gasteiger partial charge on any atom is 0.270 e. The summed E-state index contributed by atoms with van der Waals surface area (Å²) >= 11 is 0. The van der Waals surface area contributed by atoms with Gasteiger partial charge in [0.2, 0.25) is 0 Å². The number of rotatable bonds is 7. The van der Waals surface area contributed by atoms with Crippen LogP contribution in [0.5, 0.6) is 5.75 Å². The molecule has 2 rings (SSSR count). The molecule has 112 valence electrons. The van der Waals surface area contributed by atoms with E-state index in [4.69, 9.17) is 4.74 Å². The summed E-state index contributed by atoms with van der Waals surface area (Å²) in [5.41, 5.74) is 2.05. The van der Waals surface area contributed by atoms with Crippen molar-refractivity contribution in [3.8, 4) is 5.75 Å². The summed E-state index contributed by atoms with van der Waals surface area (Å²) in [5, 5.41) is 14.1. The number of aromatic nitrogens is 1. The van der Waals surface area contributed by atoms with Gasteiger partial charge in [-0.2, -0.15) is 0 Å². The highest BCUT2D eigenvalue weighted by atomic mass is 16.6. The first-order valence-corrected chi connectivity index (χ1v) is 6.80. The van der Waals surface area contributed by atoms with Gasteiger partial charge in [-0.15, -0.1) is 0 Å². The fourth-order valence-electron chi connectivity index (χ4n) is 2.16. The summed E-state index contributed by atoms with van der Waals surface area (Å²) < 4.78 is 7.27. The number of hydrogen-bond donors (Lipinski definition) is 1. The molecular formula is C15H19N3O3. The molecule has 0 aliphatic heterocycles. The molecular weight excluding hydrogens is 270 g/mol. The van der Waals surface area contributed by atoms with Crippen molar-refractivity contribution in [2.45, 2.75) is 20.0 Å². The van der Waals surface area contributed by atoms with Crippen molar-refractivity contribution < 1.29 is 9.66 Å². The van der Waals surface area contributed by atoms with E-state index in [0.29, 0.717) is 12.3 Å². The largest absolute Gasteiger partial charge is 0.496 e. The second-order valence-corrected chi connectivity index (χ2v) is 4.73. The van der Waals surface area contributed by atoms with E-state index < -0.39 is 4.92 Å². The first-order valence-electron chi connectivity index (χ1n) is 6.80. The molecule has 21 heavy (non-hydrogen) atoms. The van der Waals surface area contributed by atoms with Gasteiger partial charge in [0.15, 0.2) is 0 Å². The summed E-state index contributed by atoms with van der Waals surface area (Å²) in [5.74, 6) is 0.655. The Morgan fingerprint density at radius 1 is 1.38 bits per heavy atom. The van der Waals surface area contributed by atoms with Gasteiger partial charge in [0.1, 0.15) is 5.75 Å². The summed E-state index contributed by atoms with van der Waals surface area (Å²) in [7, 11) is 1.57. The predicted octanol–water partition coefficient (Wildman–Crippen LogP) is 2.56. The van der Waals surface area contributed by atoms with Crippen molar-refractivity contribution in [2.24, 2.45) is 0 Å². The fourth-order valence-corrected chi connectivity index (χ4v) is 2.16. The van der Waals surface area contributed by atoms with Crippen LogP contribution < -0.4 is 10.1 Å². The molecule has 0 atom stereocenters. The SMILES string of the molecule is CCNCc1ccn(Cc2cc([N+](=O)[O-])ccc2OC)c1. The van der Waals surface area contributed by atoms with Crippen molar-refractivity contribution in [2.75, 3.05) is 13.7 Å². The van der Waals surface area contributed by atoms with Crippen molar-refractivity contribution in [3.05, 3.63) is 57.9 Å². The number of non-ortho nitro benzene ring substituents is 1. The molecule has 0 amide bonds. The number of nitro benzene ring substituents is 1. The molecule has 1 N–H and O–H groups in total. The van der Waals surface area contributed by atoms with Gasteiger partial charge in [-0.1, -0.05) is 6.92 Å². The van der Waals surface area contributed by atoms with Crippen LogP contribution in [0.15, 0.2) is 36.7 Å². The van der Waals surface area contributed by atoms with E-state index in [9.17, 15) is 10.1 Å². The molecule has 0 saturated heterocycles. The molecule has 0 spiro atoms.